The fourth-order valence-corrected chi connectivity index (χ4v) is 3.74. The third kappa shape index (κ3) is 3.11. The highest BCUT2D eigenvalue weighted by Crippen LogP contribution is 2.32. The van der Waals surface area contributed by atoms with Crippen molar-refractivity contribution in [1.29, 1.82) is 0 Å². The van der Waals surface area contributed by atoms with Gasteiger partial charge in [0.15, 0.2) is 0 Å². The zero-order valence-corrected chi connectivity index (χ0v) is 10.7. The molecule has 3 heteroatoms. The van der Waals surface area contributed by atoms with Gasteiger partial charge in [-0.05, 0) is 38.6 Å². The van der Waals surface area contributed by atoms with E-state index in [0.29, 0.717) is 0 Å². The van der Waals surface area contributed by atoms with E-state index in [-0.39, 0.29) is 5.54 Å². The molecule has 2 N–H and O–H groups in total. The van der Waals surface area contributed by atoms with E-state index in [9.17, 15) is 0 Å². The summed E-state index contributed by atoms with van der Waals surface area (Å²) in [6.45, 7) is 6.10. The van der Waals surface area contributed by atoms with Crippen LogP contribution in [0.15, 0.2) is 0 Å². The lowest BCUT2D eigenvalue weighted by Crippen LogP contribution is -2.50. The first-order valence-electron chi connectivity index (χ1n) is 6.35. The Morgan fingerprint density at radius 1 is 1.47 bits per heavy atom. The quantitative estimate of drug-likeness (QED) is 0.799. The van der Waals surface area contributed by atoms with Gasteiger partial charge in [-0.2, -0.15) is 11.8 Å². The number of thioether (sulfide) groups is 1. The maximum Gasteiger partial charge on any atom is 0.0172 e. The average molecular weight is 228 g/mol. The maximum absolute atomic E-state index is 6.26. The van der Waals surface area contributed by atoms with E-state index in [1.54, 1.807) is 0 Å². The van der Waals surface area contributed by atoms with E-state index in [4.69, 9.17) is 5.73 Å². The Morgan fingerprint density at radius 2 is 2.27 bits per heavy atom. The van der Waals surface area contributed by atoms with Crippen LogP contribution in [-0.4, -0.2) is 41.1 Å². The lowest BCUT2D eigenvalue weighted by Gasteiger charge is -2.41. The SMILES string of the molecule is CCC1CN(CCC2(N)CCC2)CCS1. The summed E-state index contributed by atoms with van der Waals surface area (Å²) in [5, 5.41) is 0.869. The Morgan fingerprint density at radius 3 is 2.87 bits per heavy atom. The van der Waals surface area contributed by atoms with Crippen molar-refractivity contribution in [3.8, 4) is 0 Å². The molecule has 15 heavy (non-hydrogen) atoms. The highest BCUT2D eigenvalue weighted by molar-refractivity contribution is 8.00. The predicted octanol–water partition coefficient (Wildman–Crippen LogP) is 2.09. The molecule has 2 fully saturated rings. The topological polar surface area (TPSA) is 29.3 Å². The third-order valence-electron chi connectivity index (χ3n) is 3.95. The third-order valence-corrected chi connectivity index (χ3v) is 5.33. The van der Waals surface area contributed by atoms with Gasteiger partial charge in [0, 0.05) is 29.6 Å². The van der Waals surface area contributed by atoms with Crippen LogP contribution < -0.4 is 5.73 Å². The van der Waals surface area contributed by atoms with Gasteiger partial charge in [0.2, 0.25) is 0 Å². The molecule has 2 aliphatic rings. The van der Waals surface area contributed by atoms with E-state index in [1.165, 1.54) is 57.5 Å². The second-order valence-electron chi connectivity index (χ2n) is 5.17. The van der Waals surface area contributed by atoms with Crippen molar-refractivity contribution in [3.05, 3.63) is 0 Å². The number of hydrogen-bond donors (Lipinski definition) is 1. The van der Waals surface area contributed by atoms with Gasteiger partial charge in [-0.15, -0.1) is 0 Å². The second-order valence-corrected chi connectivity index (χ2v) is 6.58. The van der Waals surface area contributed by atoms with E-state index < -0.39 is 0 Å². The average Bonchev–Trinajstić information content (AvgIpc) is 2.24. The minimum atomic E-state index is 0.215. The van der Waals surface area contributed by atoms with Crippen LogP contribution in [-0.2, 0) is 0 Å². The number of rotatable bonds is 4. The van der Waals surface area contributed by atoms with Crippen molar-refractivity contribution < 1.29 is 0 Å². The summed E-state index contributed by atoms with van der Waals surface area (Å²) in [6.07, 6.45) is 6.40. The summed E-state index contributed by atoms with van der Waals surface area (Å²) in [4.78, 5) is 2.62. The maximum atomic E-state index is 6.26. The van der Waals surface area contributed by atoms with Gasteiger partial charge in [-0.25, -0.2) is 0 Å². The lowest BCUT2D eigenvalue weighted by atomic mass is 9.75. The molecular weight excluding hydrogens is 204 g/mol. The van der Waals surface area contributed by atoms with Crippen LogP contribution in [0.3, 0.4) is 0 Å². The molecule has 1 unspecified atom stereocenters. The van der Waals surface area contributed by atoms with Gasteiger partial charge >= 0.3 is 0 Å². The molecule has 0 aromatic rings. The molecular formula is C12H24N2S. The molecule has 1 aliphatic carbocycles. The van der Waals surface area contributed by atoms with Gasteiger partial charge in [0.1, 0.15) is 0 Å². The molecule has 2 rings (SSSR count). The van der Waals surface area contributed by atoms with Crippen LogP contribution >= 0.6 is 11.8 Å². The molecule has 1 atom stereocenters. The lowest BCUT2D eigenvalue weighted by molar-refractivity contribution is 0.183. The highest BCUT2D eigenvalue weighted by Gasteiger charge is 2.32. The first-order chi connectivity index (χ1) is 7.22. The second kappa shape index (κ2) is 5.07. The summed E-state index contributed by atoms with van der Waals surface area (Å²) < 4.78 is 0. The van der Waals surface area contributed by atoms with E-state index in [1.807, 2.05) is 0 Å². The normalized spacial score (nSPS) is 31.2. The summed E-state index contributed by atoms with van der Waals surface area (Å²) in [5.74, 6) is 1.32. The monoisotopic (exact) mass is 228 g/mol. The predicted molar refractivity (Wildman–Crippen MR) is 68.4 cm³/mol. The molecule has 1 aliphatic heterocycles. The zero-order chi connectivity index (χ0) is 10.7. The molecule has 0 radical (unpaired) electrons. The fourth-order valence-electron chi connectivity index (χ4n) is 2.49. The highest BCUT2D eigenvalue weighted by atomic mass is 32.2. The Hall–Kier alpha value is 0.270. The summed E-state index contributed by atoms with van der Waals surface area (Å²) in [7, 11) is 0. The van der Waals surface area contributed by atoms with Crippen LogP contribution in [0.2, 0.25) is 0 Å². The molecule has 2 nitrogen and oxygen atoms in total. The Balaban J connectivity index is 1.69. The smallest absolute Gasteiger partial charge is 0.0172 e. The molecule has 0 aromatic carbocycles. The first kappa shape index (κ1) is 11.7. The van der Waals surface area contributed by atoms with Crippen LogP contribution in [0.5, 0.6) is 0 Å². The molecule has 88 valence electrons. The zero-order valence-electron chi connectivity index (χ0n) is 9.87. The molecule has 0 spiro atoms. The van der Waals surface area contributed by atoms with Crippen molar-refractivity contribution >= 4 is 11.8 Å². The van der Waals surface area contributed by atoms with Crippen molar-refractivity contribution in [2.75, 3.05) is 25.4 Å². The van der Waals surface area contributed by atoms with Gasteiger partial charge in [-0.3, -0.25) is 0 Å². The Labute approximate surface area is 98.0 Å². The minimum absolute atomic E-state index is 0.215. The largest absolute Gasteiger partial charge is 0.325 e. The first-order valence-corrected chi connectivity index (χ1v) is 7.39. The number of nitrogens with zero attached hydrogens (tertiary/aromatic N) is 1. The van der Waals surface area contributed by atoms with Gasteiger partial charge in [0.05, 0.1) is 0 Å². The molecule has 1 saturated carbocycles. The van der Waals surface area contributed by atoms with E-state index in [0.717, 1.165) is 5.25 Å². The summed E-state index contributed by atoms with van der Waals surface area (Å²) >= 11 is 2.15. The fraction of sp³-hybridized carbons (Fsp3) is 1.00. The van der Waals surface area contributed by atoms with Crippen LogP contribution in [0.1, 0.15) is 39.0 Å². The molecule has 0 amide bonds. The number of hydrogen-bond acceptors (Lipinski definition) is 3. The van der Waals surface area contributed by atoms with Crippen molar-refractivity contribution in [2.45, 2.75) is 49.8 Å². The van der Waals surface area contributed by atoms with Gasteiger partial charge in [0.25, 0.3) is 0 Å². The Bertz CT molecular complexity index is 204. The molecule has 1 saturated heterocycles. The molecule has 1 heterocycles. The molecule has 0 aromatic heterocycles. The minimum Gasteiger partial charge on any atom is -0.325 e. The standard InChI is InChI=1S/C12H24N2S/c1-2-11-10-14(8-9-15-11)7-6-12(13)4-3-5-12/h11H,2-10,13H2,1H3. The van der Waals surface area contributed by atoms with E-state index in [2.05, 4.69) is 23.6 Å². The van der Waals surface area contributed by atoms with Crippen molar-refractivity contribution in [2.24, 2.45) is 5.73 Å². The van der Waals surface area contributed by atoms with Gasteiger partial charge in [-0.1, -0.05) is 6.92 Å². The molecule has 0 bridgehead atoms. The summed E-state index contributed by atoms with van der Waals surface area (Å²) in [5.41, 5.74) is 6.47. The van der Waals surface area contributed by atoms with Gasteiger partial charge < -0.3 is 10.6 Å². The van der Waals surface area contributed by atoms with Crippen LogP contribution in [0.4, 0.5) is 0 Å². The number of nitrogens with two attached hydrogens (primary N) is 1. The van der Waals surface area contributed by atoms with Crippen molar-refractivity contribution in [3.63, 3.8) is 0 Å². The summed E-state index contributed by atoms with van der Waals surface area (Å²) in [6, 6.07) is 0. The Kier molecular flexibility index (Phi) is 3.97. The van der Waals surface area contributed by atoms with Crippen LogP contribution in [0.25, 0.3) is 0 Å². The van der Waals surface area contributed by atoms with E-state index >= 15 is 0 Å². The van der Waals surface area contributed by atoms with Crippen molar-refractivity contribution in [1.82, 2.24) is 4.90 Å². The van der Waals surface area contributed by atoms with Crippen LogP contribution in [0, 0.1) is 0 Å².